The van der Waals surface area contributed by atoms with E-state index in [4.69, 9.17) is 0 Å². The molecule has 0 amide bonds. The number of rotatable bonds is 6. The predicted octanol–water partition coefficient (Wildman–Crippen LogP) is 2.26. The Bertz CT molecular complexity index is 410. The van der Waals surface area contributed by atoms with Gasteiger partial charge in [-0.1, -0.05) is 32.1 Å². The summed E-state index contributed by atoms with van der Waals surface area (Å²) in [7, 11) is -2.97. The van der Waals surface area contributed by atoms with Crippen molar-refractivity contribution in [2.24, 2.45) is 5.41 Å². The van der Waals surface area contributed by atoms with Crippen molar-refractivity contribution >= 4 is 9.84 Å². The highest BCUT2D eigenvalue weighted by atomic mass is 32.2. The van der Waals surface area contributed by atoms with Crippen LogP contribution in [0.1, 0.15) is 64.2 Å². The molecule has 2 unspecified atom stereocenters. The molecule has 0 aliphatic heterocycles. The van der Waals surface area contributed by atoms with Gasteiger partial charge < -0.3 is 10.4 Å². The summed E-state index contributed by atoms with van der Waals surface area (Å²) in [6.45, 7) is 1.10. The van der Waals surface area contributed by atoms with Gasteiger partial charge in [0.15, 0.2) is 9.84 Å². The first kappa shape index (κ1) is 17.2. The quantitative estimate of drug-likeness (QED) is 0.788. The van der Waals surface area contributed by atoms with E-state index in [1.165, 1.54) is 25.5 Å². The van der Waals surface area contributed by atoms with Gasteiger partial charge in [0.05, 0.1) is 5.25 Å². The van der Waals surface area contributed by atoms with Crippen molar-refractivity contribution in [1.29, 1.82) is 0 Å². The van der Waals surface area contributed by atoms with Gasteiger partial charge in [0.2, 0.25) is 0 Å². The maximum atomic E-state index is 12.0. The van der Waals surface area contributed by atoms with Crippen molar-refractivity contribution in [3.63, 3.8) is 0 Å². The fraction of sp³-hybridized carbons (Fsp3) is 1.00. The summed E-state index contributed by atoms with van der Waals surface area (Å²) in [4.78, 5) is 0. The predicted molar refractivity (Wildman–Crippen MR) is 86.1 cm³/mol. The molecule has 2 rings (SSSR count). The topological polar surface area (TPSA) is 66.4 Å². The van der Waals surface area contributed by atoms with E-state index >= 15 is 0 Å². The van der Waals surface area contributed by atoms with E-state index in [-0.39, 0.29) is 23.3 Å². The molecule has 0 heterocycles. The van der Waals surface area contributed by atoms with Crippen LogP contribution >= 0.6 is 0 Å². The number of sulfone groups is 1. The number of nitrogens with one attached hydrogen (secondary N) is 1. The first-order valence-corrected chi connectivity index (χ1v) is 10.5. The third-order valence-electron chi connectivity index (χ3n) is 5.55. The summed E-state index contributed by atoms with van der Waals surface area (Å²) in [6.07, 6.45) is 12.2. The van der Waals surface area contributed by atoms with E-state index in [0.29, 0.717) is 0 Å². The molecule has 2 aliphatic rings. The molecule has 21 heavy (non-hydrogen) atoms. The van der Waals surface area contributed by atoms with Crippen LogP contribution in [-0.4, -0.2) is 44.2 Å². The van der Waals surface area contributed by atoms with Crippen LogP contribution in [0.2, 0.25) is 0 Å². The lowest BCUT2D eigenvalue weighted by Gasteiger charge is -2.40. The van der Waals surface area contributed by atoms with Gasteiger partial charge in [-0.2, -0.15) is 0 Å². The Kier molecular flexibility index (Phi) is 6.09. The molecule has 2 aliphatic carbocycles. The Balaban J connectivity index is 1.98. The summed E-state index contributed by atoms with van der Waals surface area (Å²) in [6, 6.07) is 0.103. The highest BCUT2D eigenvalue weighted by molar-refractivity contribution is 7.91. The summed E-state index contributed by atoms with van der Waals surface area (Å²) in [5.41, 5.74) is 0.187. The Morgan fingerprint density at radius 1 is 1.10 bits per heavy atom. The van der Waals surface area contributed by atoms with Crippen molar-refractivity contribution in [2.75, 3.05) is 19.4 Å². The van der Waals surface area contributed by atoms with E-state index in [1.54, 1.807) is 0 Å². The third kappa shape index (κ3) is 4.67. The maximum absolute atomic E-state index is 12.0. The number of aliphatic hydroxyl groups excluding tert-OH is 1. The molecule has 0 bridgehead atoms. The molecule has 0 aromatic heterocycles. The van der Waals surface area contributed by atoms with E-state index < -0.39 is 9.84 Å². The molecular weight excluding hydrogens is 286 g/mol. The zero-order valence-electron chi connectivity index (χ0n) is 13.3. The Morgan fingerprint density at radius 3 is 2.38 bits per heavy atom. The molecule has 2 saturated carbocycles. The van der Waals surface area contributed by atoms with Crippen molar-refractivity contribution < 1.29 is 13.5 Å². The van der Waals surface area contributed by atoms with Gasteiger partial charge in [-0.3, -0.25) is 0 Å². The van der Waals surface area contributed by atoms with Crippen LogP contribution in [0.25, 0.3) is 0 Å². The normalized spacial score (nSPS) is 30.2. The molecule has 124 valence electrons. The highest BCUT2D eigenvalue weighted by Gasteiger charge is 2.36. The minimum atomic E-state index is -2.97. The minimum Gasteiger partial charge on any atom is -0.396 e. The van der Waals surface area contributed by atoms with E-state index in [0.717, 1.165) is 51.5 Å². The van der Waals surface area contributed by atoms with Crippen molar-refractivity contribution in [3.05, 3.63) is 0 Å². The zero-order valence-corrected chi connectivity index (χ0v) is 14.1. The van der Waals surface area contributed by atoms with E-state index in [1.807, 2.05) is 0 Å². The molecule has 0 radical (unpaired) electrons. The second-order valence-electron chi connectivity index (χ2n) is 7.17. The van der Waals surface area contributed by atoms with E-state index in [9.17, 15) is 13.5 Å². The van der Waals surface area contributed by atoms with Gasteiger partial charge in [-0.15, -0.1) is 0 Å². The minimum absolute atomic E-state index is 0.103. The molecule has 2 fully saturated rings. The average molecular weight is 317 g/mol. The van der Waals surface area contributed by atoms with Crippen molar-refractivity contribution in [2.45, 2.75) is 75.5 Å². The molecule has 4 nitrogen and oxygen atoms in total. The molecular formula is C16H31NO3S. The fourth-order valence-corrected chi connectivity index (χ4v) is 5.67. The van der Waals surface area contributed by atoms with Gasteiger partial charge in [0.25, 0.3) is 0 Å². The summed E-state index contributed by atoms with van der Waals surface area (Å²) >= 11 is 0. The SMILES string of the molecule is CS(=O)(=O)C1CCCCC1NCC1(CCO)CCCCC1. The monoisotopic (exact) mass is 317 g/mol. The summed E-state index contributed by atoms with van der Waals surface area (Å²) in [5, 5.41) is 12.7. The first-order valence-electron chi connectivity index (χ1n) is 8.50. The van der Waals surface area contributed by atoms with Crippen LogP contribution in [0.3, 0.4) is 0 Å². The molecule has 5 heteroatoms. The van der Waals surface area contributed by atoms with Crippen LogP contribution in [0, 0.1) is 5.41 Å². The molecule has 0 aromatic carbocycles. The average Bonchev–Trinajstić information content (AvgIpc) is 2.46. The number of hydrogen-bond donors (Lipinski definition) is 2. The van der Waals surface area contributed by atoms with Crippen LogP contribution in [-0.2, 0) is 9.84 Å². The standard InChI is InChI=1S/C16H31NO3S/c1-21(19,20)15-8-4-3-7-14(15)17-13-16(11-12-18)9-5-2-6-10-16/h14-15,17-18H,2-13H2,1H3. The Hall–Kier alpha value is -0.130. The van der Waals surface area contributed by atoms with Gasteiger partial charge in [0, 0.05) is 25.4 Å². The van der Waals surface area contributed by atoms with Crippen LogP contribution in [0.4, 0.5) is 0 Å². The fourth-order valence-electron chi connectivity index (χ4n) is 4.24. The van der Waals surface area contributed by atoms with E-state index in [2.05, 4.69) is 5.32 Å². The number of aliphatic hydroxyl groups is 1. The molecule has 0 saturated heterocycles. The number of hydrogen-bond acceptors (Lipinski definition) is 4. The van der Waals surface area contributed by atoms with Crippen molar-refractivity contribution in [3.8, 4) is 0 Å². The molecule has 2 atom stereocenters. The molecule has 0 aromatic rings. The summed E-state index contributed by atoms with van der Waals surface area (Å²) < 4.78 is 23.9. The third-order valence-corrected chi connectivity index (χ3v) is 7.21. The Morgan fingerprint density at radius 2 is 1.76 bits per heavy atom. The molecule has 2 N–H and O–H groups in total. The van der Waals surface area contributed by atoms with Crippen LogP contribution in [0.15, 0.2) is 0 Å². The van der Waals surface area contributed by atoms with Crippen LogP contribution in [0.5, 0.6) is 0 Å². The lowest BCUT2D eigenvalue weighted by Crippen LogP contribution is -2.50. The van der Waals surface area contributed by atoms with Gasteiger partial charge in [-0.25, -0.2) is 8.42 Å². The maximum Gasteiger partial charge on any atom is 0.151 e. The first-order chi connectivity index (χ1) is 9.97. The van der Waals surface area contributed by atoms with Gasteiger partial charge >= 0.3 is 0 Å². The zero-order chi connectivity index (χ0) is 15.3. The van der Waals surface area contributed by atoms with Gasteiger partial charge in [0.1, 0.15) is 0 Å². The second-order valence-corrected chi connectivity index (χ2v) is 9.44. The van der Waals surface area contributed by atoms with Crippen molar-refractivity contribution in [1.82, 2.24) is 5.32 Å². The smallest absolute Gasteiger partial charge is 0.151 e. The lowest BCUT2D eigenvalue weighted by atomic mass is 9.71. The lowest BCUT2D eigenvalue weighted by molar-refractivity contribution is 0.120. The van der Waals surface area contributed by atoms with Crippen LogP contribution < -0.4 is 5.32 Å². The van der Waals surface area contributed by atoms with Gasteiger partial charge in [-0.05, 0) is 37.5 Å². The summed E-state index contributed by atoms with van der Waals surface area (Å²) in [5.74, 6) is 0. The molecule has 0 spiro atoms. The highest BCUT2D eigenvalue weighted by Crippen LogP contribution is 2.39. The largest absolute Gasteiger partial charge is 0.396 e. The second kappa shape index (κ2) is 7.42. The Labute approximate surface area is 129 Å².